The molecule has 1 nitrogen and oxygen atoms in total. The summed E-state index contributed by atoms with van der Waals surface area (Å²) in [5, 5.41) is 0. The van der Waals surface area contributed by atoms with Crippen molar-refractivity contribution in [3.63, 3.8) is 0 Å². The first kappa shape index (κ1) is 20.8. The molecule has 1 aliphatic rings. The Morgan fingerprint density at radius 1 is 0.893 bits per heavy atom. The van der Waals surface area contributed by atoms with Crippen LogP contribution in [0.1, 0.15) is 75.3 Å². The van der Waals surface area contributed by atoms with Crippen molar-refractivity contribution in [2.24, 2.45) is 5.92 Å². The molecule has 2 aromatic rings. The van der Waals surface area contributed by atoms with Crippen LogP contribution in [-0.4, -0.2) is 0 Å². The average Bonchev–Trinajstić information content (AvgIpc) is 2.70. The normalized spacial score (nSPS) is 20.1. The van der Waals surface area contributed by atoms with Crippen LogP contribution in [-0.2, 0) is 6.11 Å². The predicted octanol–water partition coefficient (Wildman–Crippen LogP) is 7.81. The Balaban J connectivity index is 1.56. The van der Waals surface area contributed by atoms with Crippen molar-refractivity contribution in [3.05, 3.63) is 65.5 Å². The Morgan fingerprint density at radius 3 is 2.14 bits per heavy atom. The first-order valence-electron chi connectivity index (χ1n) is 10.4. The summed E-state index contributed by atoms with van der Waals surface area (Å²) in [6, 6.07) is 11.1. The van der Waals surface area contributed by atoms with Crippen molar-refractivity contribution in [3.8, 4) is 5.75 Å². The van der Waals surface area contributed by atoms with E-state index in [9.17, 15) is 13.2 Å². The molecule has 0 bridgehead atoms. The Morgan fingerprint density at radius 2 is 1.54 bits per heavy atom. The molecule has 0 heterocycles. The van der Waals surface area contributed by atoms with Crippen molar-refractivity contribution >= 4 is 0 Å². The van der Waals surface area contributed by atoms with Gasteiger partial charge < -0.3 is 4.74 Å². The fourth-order valence-corrected chi connectivity index (χ4v) is 4.13. The molecule has 28 heavy (non-hydrogen) atoms. The molecule has 0 aliphatic heterocycles. The minimum Gasteiger partial charge on any atom is -0.429 e. The summed E-state index contributed by atoms with van der Waals surface area (Å²) in [6.45, 7) is 2.23. The van der Waals surface area contributed by atoms with E-state index in [1.165, 1.54) is 62.8 Å². The van der Waals surface area contributed by atoms with Crippen LogP contribution >= 0.6 is 0 Å². The number of alkyl halides is 2. The Labute approximate surface area is 165 Å². The predicted molar refractivity (Wildman–Crippen MR) is 106 cm³/mol. The lowest BCUT2D eigenvalue weighted by atomic mass is 9.77. The fraction of sp³-hybridized carbons (Fsp3) is 0.500. The minimum absolute atomic E-state index is 0.0585. The second-order valence-electron chi connectivity index (χ2n) is 7.91. The Kier molecular flexibility index (Phi) is 7.03. The van der Waals surface area contributed by atoms with E-state index < -0.39 is 11.9 Å². The molecule has 3 rings (SSSR count). The molecule has 1 saturated carbocycles. The number of hydrogen-bond donors (Lipinski definition) is 0. The van der Waals surface area contributed by atoms with Gasteiger partial charge in [0.25, 0.3) is 0 Å². The number of unbranched alkanes of at least 4 members (excludes halogenated alkanes) is 2. The number of benzene rings is 2. The highest BCUT2D eigenvalue weighted by molar-refractivity contribution is 5.29. The minimum atomic E-state index is -3.45. The monoisotopic (exact) mass is 390 g/mol. The van der Waals surface area contributed by atoms with Gasteiger partial charge in [-0.2, -0.15) is 8.78 Å². The second kappa shape index (κ2) is 9.49. The van der Waals surface area contributed by atoms with Gasteiger partial charge in [0, 0.05) is 0 Å². The molecule has 0 spiro atoms. The topological polar surface area (TPSA) is 9.23 Å². The maximum Gasteiger partial charge on any atom is 0.426 e. The molecule has 0 saturated heterocycles. The summed E-state index contributed by atoms with van der Waals surface area (Å²) >= 11 is 0. The zero-order valence-electron chi connectivity index (χ0n) is 16.5. The number of ether oxygens (including phenoxy) is 1. The van der Waals surface area contributed by atoms with E-state index in [4.69, 9.17) is 4.74 Å². The Hall–Kier alpha value is -1.97. The van der Waals surface area contributed by atoms with Crippen LogP contribution in [0.15, 0.2) is 48.5 Å². The highest BCUT2D eigenvalue weighted by atomic mass is 19.3. The Bertz CT molecular complexity index is 717. The second-order valence-corrected chi connectivity index (χ2v) is 7.91. The highest BCUT2D eigenvalue weighted by Gasteiger charge is 2.34. The van der Waals surface area contributed by atoms with Crippen LogP contribution in [0, 0.1) is 11.7 Å². The van der Waals surface area contributed by atoms with Crippen LogP contribution in [0.2, 0.25) is 0 Å². The molecule has 152 valence electrons. The van der Waals surface area contributed by atoms with E-state index in [0.717, 1.165) is 36.5 Å². The van der Waals surface area contributed by atoms with Gasteiger partial charge in [-0.05, 0) is 79.5 Å². The van der Waals surface area contributed by atoms with E-state index in [2.05, 4.69) is 6.92 Å². The van der Waals surface area contributed by atoms with Crippen LogP contribution in [0.4, 0.5) is 13.2 Å². The molecule has 0 aromatic heterocycles. The van der Waals surface area contributed by atoms with E-state index in [1.54, 1.807) is 12.1 Å². The molecule has 0 N–H and O–H groups in total. The zero-order chi connectivity index (χ0) is 20.0. The molecule has 1 aliphatic carbocycles. The molecule has 2 aromatic carbocycles. The molecular formula is C24H29F3O. The van der Waals surface area contributed by atoms with Gasteiger partial charge in [-0.3, -0.25) is 0 Å². The van der Waals surface area contributed by atoms with Crippen LogP contribution in [0.5, 0.6) is 5.75 Å². The van der Waals surface area contributed by atoms with Gasteiger partial charge in [0.1, 0.15) is 11.6 Å². The third kappa shape index (κ3) is 5.52. The quantitative estimate of drug-likeness (QED) is 0.418. The lowest BCUT2D eigenvalue weighted by Crippen LogP contribution is -2.22. The van der Waals surface area contributed by atoms with Crippen molar-refractivity contribution < 1.29 is 17.9 Å². The largest absolute Gasteiger partial charge is 0.429 e. The lowest BCUT2D eigenvalue weighted by molar-refractivity contribution is -0.185. The molecule has 4 heteroatoms. The third-order valence-electron chi connectivity index (χ3n) is 5.84. The lowest BCUT2D eigenvalue weighted by Gasteiger charge is -2.29. The zero-order valence-corrected chi connectivity index (χ0v) is 16.5. The van der Waals surface area contributed by atoms with Gasteiger partial charge in [-0.25, -0.2) is 4.39 Å². The fourth-order valence-electron chi connectivity index (χ4n) is 4.13. The van der Waals surface area contributed by atoms with Gasteiger partial charge in [0.15, 0.2) is 0 Å². The highest BCUT2D eigenvalue weighted by Crippen LogP contribution is 2.39. The molecule has 1 fully saturated rings. The molecule has 0 amide bonds. The van der Waals surface area contributed by atoms with E-state index in [-0.39, 0.29) is 11.3 Å². The number of halogens is 3. The molecule has 0 unspecified atom stereocenters. The van der Waals surface area contributed by atoms with Crippen molar-refractivity contribution in [2.75, 3.05) is 0 Å². The third-order valence-corrected chi connectivity index (χ3v) is 5.84. The summed E-state index contributed by atoms with van der Waals surface area (Å²) in [7, 11) is 0. The van der Waals surface area contributed by atoms with Crippen molar-refractivity contribution in [2.45, 2.75) is 70.3 Å². The van der Waals surface area contributed by atoms with Crippen LogP contribution in [0.3, 0.4) is 0 Å². The smallest absolute Gasteiger partial charge is 0.426 e. The maximum absolute atomic E-state index is 14.4. The van der Waals surface area contributed by atoms with E-state index in [1.807, 2.05) is 0 Å². The maximum atomic E-state index is 14.4. The SMILES string of the molecule is CCCCC[C@H]1CC[C@H](c2ccc(C(F)(F)Oc3ccc(F)cc3)cc2)CC1. The van der Waals surface area contributed by atoms with Gasteiger partial charge >= 0.3 is 6.11 Å². The molecule has 0 radical (unpaired) electrons. The summed E-state index contributed by atoms with van der Waals surface area (Å²) in [5.74, 6) is 0.746. The van der Waals surface area contributed by atoms with E-state index >= 15 is 0 Å². The number of hydrogen-bond acceptors (Lipinski definition) is 1. The summed E-state index contributed by atoms with van der Waals surface area (Å²) < 4.78 is 46.5. The molecule has 0 atom stereocenters. The van der Waals surface area contributed by atoms with Crippen molar-refractivity contribution in [1.82, 2.24) is 0 Å². The van der Waals surface area contributed by atoms with Crippen molar-refractivity contribution in [1.29, 1.82) is 0 Å². The number of rotatable bonds is 8. The van der Waals surface area contributed by atoms with Gasteiger partial charge in [-0.1, -0.05) is 44.7 Å². The summed E-state index contributed by atoms with van der Waals surface area (Å²) in [5.41, 5.74) is 0.946. The van der Waals surface area contributed by atoms with Crippen LogP contribution < -0.4 is 4.74 Å². The van der Waals surface area contributed by atoms with Gasteiger partial charge in [0.2, 0.25) is 0 Å². The van der Waals surface area contributed by atoms with Gasteiger partial charge in [0.05, 0.1) is 5.56 Å². The first-order valence-corrected chi connectivity index (χ1v) is 10.4. The van der Waals surface area contributed by atoms with E-state index in [0.29, 0.717) is 5.92 Å². The van der Waals surface area contributed by atoms with Gasteiger partial charge in [-0.15, -0.1) is 0 Å². The van der Waals surface area contributed by atoms with Crippen LogP contribution in [0.25, 0.3) is 0 Å². The summed E-state index contributed by atoms with van der Waals surface area (Å²) in [6.07, 6.45) is 6.52. The average molecular weight is 390 g/mol. The molecular weight excluding hydrogens is 361 g/mol. The first-order chi connectivity index (χ1) is 13.5. The standard InChI is InChI=1S/C24H29F3O/c1-2-3-4-5-18-6-8-19(9-7-18)20-10-12-21(13-11-20)24(26,27)28-23-16-14-22(25)15-17-23/h10-19H,2-9H2,1H3/t18-,19-. The summed E-state index contributed by atoms with van der Waals surface area (Å²) in [4.78, 5) is 0.